The second kappa shape index (κ2) is 10.3. The number of carbonyl (C=O) groups excluding carboxylic acids is 2. The van der Waals surface area contributed by atoms with E-state index in [-0.39, 0.29) is 30.9 Å². The SMILES string of the molecule is C=CCOC(=O)N1C[C@@H](N(Cc2cccc(OC)c2)C(=O)CC(C)(C)C)C[C@H]1C(=O)O. The zero-order valence-electron chi connectivity index (χ0n) is 18.7. The van der Waals surface area contributed by atoms with Crippen LogP contribution < -0.4 is 4.74 Å². The number of ether oxygens (including phenoxy) is 2. The van der Waals surface area contributed by atoms with Crippen molar-refractivity contribution in [1.29, 1.82) is 0 Å². The summed E-state index contributed by atoms with van der Waals surface area (Å²) >= 11 is 0. The van der Waals surface area contributed by atoms with Gasteiger partial charge in [0.05, 0.1) is 13.2 Å². The number of aliphatic carboxylic acids is 1. The molecule has 0 spiro atoms. The molecule has 2 amide bonds. The van der Waals surface area contributed by atoms with Crippen molar-refractivity contribution in [1.82, 2.24) is 9.80 Å². The fourth-order valence-corrected chi connectivity index (χ4v) is 3.63. The summed E-state index contributed by atoms with van der Waals surface area (Å²) in [7, 11) is 1.57. The molecule has 0 saturated carbocycles. The van der Waals surface area contributed by atoms with Gasteiger partial charge in [0.25, 0.3) is 0 Å². The van der Waals surface area contributed by atoms with Crippen molar-refractivity contribution in [2.45, 2.75) is 52.2 Å². The van der Waals surface area contributed by atoms with E-state index in [1.54, 1.807) is 12.0 Å². The number of rotatable bonds is 8. The molecule has 8 nitrogen and oxygen atoms in total. The number of carboxylic acid groups (broad SMARTS) is 1. The maximum Gasteiger partial charge on any atom is 0.410 e. The predicted octanol–water partition coefficient (Wildman–Crippen LogP) is 3.31. The zero-order chi connectivity index (χ0) is 23.2. The summed E-state index contributed by atoms with van der Waals surface area (Å²) in [5.74, 6) is -0.543. The molecular formula is C23H32N2O6. The normalized spacial score (nSPS) is 18.4. The highest BCUT2D eigenvalue weighted by Crippen LogP contribution is 2.29. The summed E-state index contributed by atoms with van der Waals surface area (Å²) in [5, 5.41) is 9.65. The van der Waals surface area contributed by atoms with Crippen LogP contribution in [0.5, 0.6) is 5.75 Å². The van der Waals surface area contributed by atoms with Crippen LogP contribution in [0.1, 0.15) is 39.2 Å². The van der Waals surface area contributed by atoms with Gasteiger partial charge in [-0.3, -0.25) is 9.69 Å². The van der Waals surface area contributed by atoms with Crippen molar-refractivity contribution < 1.29 is 29.0 Å². The number of methoxy groups -OCH3 is 1. The van der Waals surface area contributed by atoms with E-state index >= 15 is 0 Å². The molecule has 1 N–H and O–H groups in total. The number of likely N-dealkylation sites (tertiary alicyclic amines) is 1. The van der Waals surface area contributed by atoms with Crippen LogP contribution in [-0.2, 0) is 20.9 Å². The minimum atomic E-state index is -1.12. The molecule has 0 aliphatic carbocycles. The number of nitrogens with zero attached hydrogens (tertiary/aromatic N) is 2. The van der Waals surface area contributed by atoms with Gasteiger partial charge in [0.2, 0.25) is 5.91 Å². The van der Waals surface area contributed by atoms with E-state index in [0.29, 0.717) is 18.7 Å². The lowest BCUT2D eigenvalue weighted by Gasteiger charge is -2.32. The highest BCUT2D eigenvalue weighted by Gasteiger charge is 2.44. The fraction of sp³-hybridized carbons (Fsp3) is 0.522. The van der Waals surface area contributed by atoms with Crippen molar-refractivity contribution in [2.24, 2.45) is 5.41 Å². The molecule has 1 fully saturated rings. The van der Waals surface area contributed by atoms with Gasteiger partial charge < -0.3 is 19.5 Å². The van der Waals surface area contributed by atoms with Gasteiger partial charge in [-0.25, -0.2) is 9.59 Å². The topological polar surface area (TPSA) is 96.4 Å². The monoisotopic (exact) mass is 432 g/mol. The predicted molar refractivity (Wildman–Crippen MR) is 116 cm³/mol. The van der Waals surface area contributed by atoms with E-state index in [0.717, 1.165) is 5.56 Å². The van der Waals surface area contributed by atoms with Gasteiger partial charge in [-0.15, -0.1) is 0 Å². The Balaban J connectivity index is 2.31. The molecule has 1 heterocycles. The Hall–Kier alpha value is -3.03. The average Bonchev–Trinajstić information content (AvgIpc) is 3.14. The van der Waals surface area contributed by atoms with E-state index in [1.165, 1.54) is 11.0 Å². The number of hydrogen-bond acceptors (Lipinski definition) is 5. The van der Waals surface area contributed by atoms with Crippen molar-refractivity contribution >= 4 is 18.0 Å². The minimum Gasteiger partial charge on any atom is -0.497 e. The Morgan fingerprint density at radius 1 is 1.32 bits per heavy atom. The molecule has 0 aromatic heterocycles. The molecule has 2 rings (SSSR count). The summed E-state index contributed by atoms with van der Waals surface area (Å²) in [4.78, 5) is 40.3. The van der Waals surface area contributed by atoms with Gasteiger partial charge in [-0.1, -0.05) is 45.6 Å². The van der Waals surface area contributed by atoms with E-state index in [9.17, 15) is 19.5 Å². The third kappa shape index (κ3) is 6.73. The lowest BCUT2D eigenvalue weighted by Crippen LogP contribution is -2.44. The summed E-state index contributed by atoms with van der Waals surface area (Å²) < 4.78 is 10.3. The lowest BCUT2D eigenvalue weighted by atomic mass is 9.91. The molecule has 1 aliphatic rings. The number of hydrogen-bond donors (Lipinski definition) is 1. The van der Waals surface area contributed by atoms with Gasteiger partial charge >= 0.3 is 12.1 Å². The summed E-state index contributed by atoms with van der Waals surface area (Å²) in [6.45, 7) is 9.79. The first kappa shape index (κ1) is 24.2. The van der Waals surface area contributed by atoms with Gasteiger partial charge in [-0.2, -0.15) is 0 Å². The number of carboxylic acids is 1. The Morgan fingerprint density at radius 3 is 2.61 bits per heavy atom. The number of carbonyl (C=O) groups is 3. The summed E-state index contributed by atoms with van der Waals surface area (Å²) in [6.07, 6.45) is 1.13. The van der Waals surface area contributed by atoms with Gasteiger partial charge in [0.15, 0.2) is 0 Å². The molecule has 1 aromatic carbocycles. The number of benzene rings is 1. The summed E-state index contributed by atoms with van der Waals surface area (Å²) in [5.41, 5.74) is 0.623. The molecular weight excluding hydrogens is 400 g/mol. The molecule has 1 aromatic rings. The van der Waals surface area contributed by atoms with Crippen molar-refractivity contribution in [3.63, 3.8) is 0 Å². The van der Waals surface area contributed by atoms with Crippen LogP contribution in [0.25, 0.3) is 0 Å². The Morgan fingerprint density at radius 2 is 2.03 bits per heavy atom. The smallest absolute Gasteiger partial charge is 0.410 e. The van der Waals surface area contributed by atoms with Crippen LogP contribution in [0.3, 0.4) is 0 Å². The first-order valence-electron chi connectivity index (χ1n) is 10.2. The maximum absolute atomic E-state index is 13.2. The first-order valence-corrected chi connectivity index (χ1v) is 10.2. The summed E-state index contributed by atoms with van der Waals surface area (Å²) in [6, 6.07) is 5.89. The largest absolute Gasteiger partial charge is 0.497 e. The molecule has 0 bridgehead atoms. The second-order valence-corrected chi connectivity index (χ2v) is 8.87. The molecule has 0 radical (unpaired) electrons. The lowest BCUT2D eigenvalue weighted by molar-refractivity contribution is -0.142. The quantitative estimate of drug-likeness (QED) is 0.633. The first-order chi connectivity index (χ1) is 14.6. The Labute approximate surface area is 183 Å². The fourth-order valence-electron chi connectivity index (χ4n) is 3.63. The van der Waals surface area contributed by atoms with Crippen LogP contribution in [0.2, 0.25) is 0 Å². The van der Waals surface area contributed by atoms with Crippen LogP contribution in [0, 0.1) is 5.41 Å². The van der Waals surface area contributed by atoms with Crippen molar-refractivity contribution in [3.8, 4) is 5.75 Å². The third-order valence-corrected chi connectivity index (χ3v) is 5.05. The number of amides is 2. The van der Waals surface area contributed by atoms with Crippen LogP contribution in [-0.4, -0.2) is 65.2 Å². The van der Waals surface area contributed by atoms with Gasteiger partial charge in [0, 0.05) is 25.9 Å². The second-order valence-electron chi connectivity index (χ2n) is 8.87. The molecule has 1 aliphatic heterocycles. The van der Waals surface area contributed by atoms with Gasteiger partial charge in [-0.05, 0) is 23.1 Å². The molecule has 8 heteroatoms. The van der Waals surface area contributed by atoms with E-state index in [4.69, 9.17) is 9.47 Å². The molecule has 170 valence electrons. The highest BCUT2D eigenvalue weighted by molar-refractivity contribution is 5.82. The highest BCUT2D eigenvalue weighted by atomic mass is 16.6. The van der Waals surface area contributed by atoms with Crippen molar-refractivity contribution in [2.75, 3.05) is 20.3 Å². The molecule has 0 unspecified atom stereocenters. The average molecular weight is 433 g/mol. The van der Waals surface area contributed by atoms with Crippen LogP contribution in [0.4, 0.5) is 4.79 Å². The van der Waals surface area contributed by atoms with E-state index < -0.39 is 24.1 Å². The van der Waals surface area contributed by atoms with E-state index in [1.807, 2.05) is 45.0 Å². The Bertz CT molecular complexity index is 817. The van der Waals surface area contributed by atoms with Crippen molar-refractivity contribution in [3.05, 3.63) is 42.5 Å². The standard InChI is InChI=1S/C23H32N2O6/c1-6-10-31-22(29)25-15-17(12-19(25)21(27)28)24(20(26)13-23(2,3)4)14-16-8-7-9-18(11-16)30-5/h6-9,11,17,19H,1,10,12-15H2,2-5H3,(H,27,28)/t17-,19-/m0/s1. The zero-order valence-corrected chi connectivity index (χ0v) is 18.7. The van der Waals surface area contributed by atoms with Crippen LogP contribution >= 0.6 is 0 Å². The molecule has 31 heavy (non-hydrogen) atoms. The molecule has 1 saturated heterocycles. The third-order valence-electron chi connectivity index (χ3n) is 5.05. The molecule has 2 atom stereocenters. The van der Waals surface area contributed by atoms with E-state index in [2.05, 4.69) is 6.58 Å². The van der Waals surface area contributed by atoms with Gasteiger partial charge in [0.1, 0.15) is 18.4 Å². The minimum absolute atomic E-state index is 0.0111. The maximum atomic E-state index is 13.2. The van der Waals surface area contributed by atoms with Crippen LogP contribution in [0.15, 0.2) is 36.9 Å². The Kier molecular flexibility index (Phi) is 8.08.